The van der Waals surface area contributed by atoms with Crippen molar-refractivity contribution in [2.75, 3.05) is 18.5 Å². The summed E-state index contributed by atoms with van der Waals surface area (Å²) in [4.78, 5) is 4.31. The summed E-state index contributed by atoms with van der Waals surface area (Å²) in [5.41, 5.74) is 8.07. The molecule has 0 saturated carbocycles. The maximum absolute atomic E-state index is 12.3. The summed E-state index contributed by atoms with van der Waals surface area (Å²) in [6.07, 6.45) is -3.18. The van der Waals surface area contributed by atoms with Crippen molar-refractivity contribution in [3.63, 3.8) is 0 Å². The van der Waals surface area contributed by atoms with Gasteiger partial charge in [-0.3, -0.25) is 0 Å². The number of hydrogen-bond donors (Lipinski definition) is 3. The van der Waals surface area contributed by atoms with Crippen LogP contribution in [0.2, 0.25) is 0 Å². The van der Waals surface area contributed by atoms with Gasteiger partial charge in [-0.05, 0) is 30.3 Å². The minimum Gasteiger partial charge on any atom is -0.406 e. The molecule has 1 aromatic carbocycles. The van der Waals surface area contributed by atoms with Crippen molar-refractivity contribution in [1.82, 2.24) is 14.8 Å². The van der Waals surface area contributed by atoms with E-state index in [9.17, 15) is 13.2 Å². The highest BCUT2D eigenvalue weighted by Crippen LogP contribution is 2.29. The number of anilines is 1. The van der Waals surface area contributed by atoms with E-state index >= 15 is 0 Å². The van der Waals surface area contributed by atoms with Crippen LogP contribution < -0.4 is 15.8 Å². The lowest BCUT2D eigenvalue weighted by Crippen LogP contribution is -2.17. The van der Waals surface area contributed by atoms with E-state index in [4.69, 9.17) is 10.8 Å². The topological polar surface area (TPSA) is 98.2 Å². The lowest BCUT2D eigenvalue weighted by atomic mass is 10.2. The third-order valence-electron chi connectivity index (χ3n) is 3.58. The molecule has 0 fully saturated rings. The Labute approximate surface area is 146 Å². The Kier molecular flexibility index (Phi) is 4.96. The first-order valence-corrected chi connectivity index (χ1v) is 7.70. The standard InChI is InChI=1S/C16H16F3N5O2/c17-16(18,19)26-11-3-1-10(2-4-11)24-15-14(13(9-20)23-24)12(5-6-22-15)21-7-8-25/h1-6,25H,7-9,20H2,(H,21,22). The number of aliphatic hydroxyl groups excluding tert-OH is 1. The van der Waals surface area contributed by atoms with E-state index in [0.717, 1.165) is 0 Å². The molecule has 3 rings (SSSR count). The van der Waals surface area contributed by atoms with Crippen molar-refractivity contribution in [2.24, 2.45) is 5.73 Å². The fraction of sp³-hybridized carbons (Fsp3) is 0.250. The van der Waals surface area contributed by atoms with Crippen LogP contribution in [0.1, 0.15) is 5.69 Å². The van der Waals surface area contributed by atoms with Crippen LogP contribution >= 0.6 is 0 Å². The highest BCUT2D eigenvalue weighted by molar-refractivity contribution is 5.92. The molecule has 0 aliphatic carbocycles. The molecule has 138 valence electrons. The van der Waals surface area contributed by atoms with E-state index < -0.39 is 6.36 Å². The number of benzene rings is 1. The molecule has 0 atom stereocenters. The molecule has 10 heteroatoms. The average molecular weight is 367 g/mol. The molecule has 0 bridgehead atoms. The molecular weight excluding hydrogens is 351 g/mol. The first kappa shape index (κ1) is 18.0. The van der Waals surface area contributed by atoms with E-state index in [1.807, 2.05) is 0 Å². The molecule has 2 heterocycles. The molecule has 0 spiro atoms. The van der Waals surface area contributed by atoms with Crippen molar-refractivity contribution in [3.8, 4) is 11.4 Å². The van der Waals surface area contributed by atoms with Gasteiger partial charge in [-0.2, -0.15) is 5.10 Å². The number of halogens is 3. The van der Waals surface area contributed by atoms with Crippen LogP contribution in [0.4, 0.5) is 18.9 Å². The largest absolute Gasteiger partial charge is 0.573 e. The van der Waals surface area contributed by atoms with Crippen molar-refractivity contribution in [2.45, 2.75) is 12.9 Å². The summed E-state index contributed by atoms with van der Waals surface area (Å²) in [5.74, 6) is -0.324. The fourth-order valence-electron chi connectivity index (χ4n) is 2.56. The summed E-state index contributed by atoms with van der Waals surface area (Å²) in [6.45, 7) is 0.451. The molecule has 26 heavy (non-hydrogen) atoms. The van der Waals surface area contributed by atoms with Crippen molar-refractivity contribution < 1.29 is 23.0 Å². The predicted octanol–water partition coefficient (Wildman–Crippen LogP) is 2.18. The highest BCUT2D eigenvalue weighted by Gasteiger charge is 2.31. The molecule has 2 aromatic heterocycles. The van der Waals surface area contributed by atoms with Gasteiger partial charge in [0.25, 0.3) is 0 Å². The predicted molar refractivity (Wildman–Crippen MR) is 89.0 cm³/mol. The fourth-order valence-corrected chi connectivity index (χ4v) is 2.56. The number of rotatable bonds is 6. The zero-order valence-electron chi connectivity index (χ0n) is 13.5. The monoisotopic (exact) mass is 367 g/mol. The third kappa shape index (κ3) is 3.70. The second kappa shape index (κ2) is 7.18. The molecule has 4 N–H and O–H groups in total. The molecule has 0 amide bonds. The van der Waals surface area contributed by atoms with E-state index in [2.05, 4.69) is 20.1 Å². The minimum absolute atomic E-state index is 0.0451. The number of nitrogens with two attached hydrogens (primary N) is 1. The van der Waals surface area contributed by atoms with Gasteiger partial charge in [0, 0.05) is 25.0 Å². The van der Waals surface area contributed by atoms with Crippen molar-refractivity contribution in [1.29, 1.82) is 0 Å². The van der Waals surface area contributed by atoms with Crippen LogP contribution in [-0.4, -0.2) is 39.4 Å². The van der Waals surface area contributed by atoms with Crippen molar-refractivity contribution in [3.05, 3.63) is 42.2 Å². The van der Waals surface area contributed by atoms with Crippen LogP contribution in [-0.2, 0) is 6.54 Å². The van der Waals surface area contributed by atoms with Crippen LogP contribution in [0.3, 0.4) is 0 Å². The second-order valence-corrected chi connectivity index (χ2v) is 5.31. The summed E-state index contributed by atoms with van der Waals surface area (Å²) < 4.78 is 42.2. The number of ether oxygens (including phenoxy) is 1. The highest BCUT2D eigenvalue weighted by atomic mass is 19.4. The number of fused-ring (bicyclic) bond motifs is 1. The second-order valence-electron chi connectivity index (χ2n) is 5.31. The zero-order chi connectivity index (χ0) is 18.7. The summed E-state index contributed by atoms with van der Waals surface area (Å²) in [7, 11) is 0. The maximum atomic E-state index is 12.3. The maximum Gasteiger partial charge on any atom is 0.573 e. The average Bonchev–Trinajstić information content (AvgIpc) is 2.99. The quantitative estimate of drug-likeness (QED) is 0.618. The Morgan fingerprint density at radius 2 is 1.92 bits per heavy atom. The number of aromatic nitrogens is 3. The summed E-state index contributed by atoms with van der Waals surface area (Å²) in [5, 5.41) is 17.2. The summed E-state index contributed by atoms with van der Waals surface area (Å²) in [6, 6.07) is 7.04. The Morgan fingerprint density at radius 1 is 1.19 bits per heavy atom. The minimum atomic E-state index is -4.75. The Balaban J connectivity index is 2.03. The number of alkyl halides is 3. The molecule has 3 aromatic rings. The lowest BCUT2D eigenvalue weighted by Gasteiger charge is -2.10. The normalized spacial score (nSPS) is 11.7. The van der Waals surface area contributed by atoms with Gasteiger partial charge >= 0.3 is 6.36 Å². The van der Waals surface area contributed by atoms with Gasteiger partial charge in [0.1, 0.15) is 5.75 Å². The Morgan fingerprint density at radius 3 is 2.54 bits per heavy atom. The molecule has 0 radical (unpaired) electrons. The molecular formula is C16H16F3N5O2. The first-order valence-electron chi connectivity index (χ1n) is 7.70. The molecule has 0 aliphatic heterocycles. The SMILES string of the molecule is NCc1nn(-c2ccc(OC(F)(F)F)cc2)c2nccc(NCCO)c12. The van der Waals surface area contributed by atoms with Crippen molar-refractivity contribution >= 4 is 16.7 Å². The van der Waals surface area contributed by atoms with Gasteiger partial charge in [-0.1, -0.05) is 0 Å². The van der Waals surface area contributed by atoms with Crippen LogP contribution in [0.25, 0.3) is 16.7 Å². The number of pyridine rings is 1. The van der Waals surface area contributed by atoms with Gasteiger partial charge in [-0.15, -0.1) is 13.2 Å². The van der Waals surface area contributed by atoms with Crippen LogP contribution in [0, 0.1) is 0 Å². The van der Waals surface area contributed by atoms with Gasteiger partial charge in [-0.25, -0.2) is 9.67 Å². The van der Waals surface area contributed by atoms with E-state index in [1.165, 1.54) is 28.9 Å². The molecule has 0 aliphatic rings. The zero-order valence-corrected chi connectivity index (χ0v) is 13.5. The smallest absolute Gasteiger partial charge is 0.406 e. The number of nitrogens with one attached hydrogen (secondary N) is 1. The lowest BCUT2D eigenvalue weighted by molar-refractivity contribution is -0.274. The summed E-state index contributed by atoms with van der Waals surface area (Å²) >= 11 is 0. The van der Waals surface area contributed by atoms with Gasteiger partial charge in [0.15, 0.2) is 5.65 Å². The van der Waals surface area contributed by atoms with E-state index in [1.54, 1.807) is 12.3 Å². The van der Waals surface area contributed by atoms with E-state index in [0.29, 0.717) is 34.6 Å². The molecule has 0 saturated heterocycles. The van der Waals surface area contributed by atoms with E-state index in [-0.39, 0.29) is 18.9 Å². The number of nitrogens with zero attached hydrogens (tertiary/aromatic N) is 3. The molecule has 7 nitrogen and oxygen atoms in total. The third-order valence-corrected chi connectivity index (χ3v) is 3.58. The van der Waals surface area contributed by atoms with Gasteiger partial charge in [0.05, 0.1) is 23.4 Å². The first-order chi connectivity index (χ1) is 12.4. The van der Waals surface area contributed by atoms with Crippen LogP contribution in [0.15, 0.2) is 36.5 Å². The Hall–Kier alpha value is -2.85. The molecule has 0 unspecified atom stereocenters. The number of aliphatic hydroxyl groups is 1. The van der Waals surface area contributed by atoms with Gasteiger partial charge in [0.2, 0.25) is 0 Å². The number of hydrogen-bond acceptors (Lipinski definition) is 6. The Bertz CT molecular complexity index is 893. The van der Waals surface area contributed by atoms with Crippen LogP contribution in [0.5, 0.6) is 5.75 Å². The van der Waals surface area contributed by atoms with Gasteiger partial charge < -0.3 is 20.9 Å².